The van der Waals surface area contributed by atoms with Crippen molar-refractivity contribution in [3.63, 3.8) is 0 Å². The van der Waals surface area contributed by atoms with Crippen molar-refractivity contribution in [3.05, 3.63) is 40.6 Å². The van der Waals surface area contributed by atoms with E-state index in [0.717, 1.165) is 4.90 Å². The number of carbonyl (C=O) groups excluding carboxylic acids is 3. The third kappa shape index (κ3) is 3.92. The molecule has 0 spiro atoms. The maximum Gasteiger partial charge on any atom is 0.294 e. The van der Waals surface area contributed by atoms with E-state index in [1.165, 1.54) is 24.3 Å². The largest absolute Gasteiger partial charge is 0.395 e. The van der Waals surface area contributed by atoms with E-state index in [2.05, 4.69) is 5.32 Å². The van der Waals surface area contributed by atoms with Crippen LogP contribution in [0.3, 0.4) is 0 Å². The zero-order chi connectivity index (χ0) is 16.1. The molecule has 0 bridgehead atoms. The van der Waals surface area contributed by atoms with Crippen molar-refractivity contribution in [2.75, 3.05) is 19.7 Å². The summed E-state index contributed by atoms with van der Waals surface area (Å²) in [5.41, 5.74) is 0.454. The lowest BCUT2D eigenvalue weighted by atomic mass is 10.2. The van der Waals surface area contributed by atoms with Crippen LogP contribution in [0.15, 0.2) is 29.2 Å². The number of thioether (sulfide) groups is 1. The van der Waals surface area contributed by atoms with Gasteiger partial charge in [-0.2, -0.15) is 0 Å². The Bertz CT molecular complexity index is 647. The molecule has 1 aromatic rings. The lowest BCUT2D eigenvalue weighted by molar-refractivity contribution is -0.129. The first-order valence-electron chi connectivity index (χ1n) is 6.40. The number of rotatable bonds is 5. The van der Waals surface area contributed by atoms with E-state index in [1.807, 2.05) is 0 Å². The Morgan fingerprint density at radius 3 is 2.86 bits per heavy atom. The lowest BCUT2D eigenvalue weighted by Crippen LogP contribution is -2.40. The molecule has 1 saturated heterocycles. The summed E-state index contributed by atoms with van der Waals surface area (Å²) in [5.74, 6) is -1.59. The van der Waals surface area contributed by atoms with E-state index < -0.39 is 29.4 Å². The second kappa shape index (κ2) is 7.19. The first-order chi connectivity index (χ1) is 10.5. The molecule has 6 nitrogen and oxygen atoms in total. The van der Waals surface area contributed by atoms with E-state index >= 15 is 0 Å². The van der Waals surface area contributed by atoms with Crippen LogP contribution in [0.4, 0.5) is 9.18 Å². The van der Waals surface area contributed by atoms with Gasteiger partial charge in [-0.15, -0.1) is 0 Å². The smallest absolute Gasteiger partial charge is 0.294 e. The van der Waals surface area contributed by atoms with Crippen molar-refractivity contribution in [1.29, 1.82) is 0 Å². The molecule has 8 heteroatoms. The molecule has 0 atom stereocenters. The minimum absolute atomic E-state index is 0.0498. The van der Waals surface area contributed by atoms with Gasteiger partial charge in [-0.25, -0.2) is 4.39 Å². The number of halogens is 1. The number of hydrogen-bond acceptors (Lipinski definition) is 5. The fraction of sp³-hybridized carbons (Fsp3) is 0.214. The van der Waals surface area contributed by atoms with Crippen LogP contribution in [-0.4, -0.2) is 46.8 Å². The highest BCUT2D eigenvalue weighted by Crippen LogP contribution is 2.31. The zero-order valence-electron chi connectivity index (χ0n) is 11.4. The van der Waals surface area contributed by atoms with Gasteiger partial charge >= 0.3 is 0 Å². The van der Waals surface area contributed by atoms with Crippen LogP contribution < -0.4 is 5.32 Å². The van der Waals surface area contributed by atoms with Crippen LogP contribution in [0.1, 0.15) is 5.56 Å². The molecule has 1 aliphatic rings. The van der Waals surface area contributed by atoms with Gasteiger partial charge in [0.1, 0.15) is 12.4 Å². The molecule has 0 saturated carbocycles. The Hall–Kier alpha value is -2.19. The molecule has 0 aromatic heterocycles. The van der Waals surface area contributed by atoms with Crippen LogP contribution in [0.5, 0.6) is 0 Å². The van der Waals surface area contributed by atoms with Crippen molar-refractivity contribution in [1.82, 2.24) is 10.2 Å². The normalized spacial score (nSPS) is 16.5. The van der Waals surface area contributed by atoms with E-state index in [4.69, 9.17) is 5.11 Å². The predicted octanol–water partition coefficient (Wildman–Crippen LogP) is 0.971. The summed E-state index contributed by atoms with van der Waals surface area (Å²) >= 11 is 0.695. The molecule has 2 rings (SSSR count). The fourth-order valence-corrected chi connectivity index (χ4v) is 2.62. The van der Waals surface area contributed by atoms with Gasteiger partial charge < -0.3 is 10.4 Å². The summed E-state index contributed by atoms with van der Waals surface area (Å²) in [6, 6.07) is 5.61. The number of nitrogens with one attached hydrogen (secondary N) is 1. The first kappa shape index (κ1) is 16.2. The molecule has 0 unspecified atom stereocenters. The van der Waals surface area contributed by atoms with Gasteiger partial charge in [0.05, 0.1) is 11.5 Å². The van der Waals surface area contributed by atoms with Gasteiger partial charge in [0.25, 0.3) is 11.1 Å². The molecule has 22 heavy (non-hydrogen) atoms. The van der Waals surface area contributed by atoms with Gasteiger partial charge in [0, 0.05) is 6.54 Å². The number of hydrogen-bond donors (Lipinski definition) is 2. The third-order valence-corrected chi connectivity index (χ3v) is 3.66. The van der Waals surface area contributed by atoms with Gasteiger partial charge in [0.15, 0.2) is 0 Å². The Morgan fingerprint density at radius 1 is 1.41 bits per heavy atom. The quantitative estimate of drug-likeness (QED) is 0.788. The summed E-state index contributed by atoms with van der Waals surface area (Å²) in [4.78, 5) is 36.3. The number of carbonyl (C=O) groups is 3. The minimum Gasteiger partial charge on any atom is -0.395 e. The average Bonchev–Trinajstić information content (AvgIpc) is 2.73. The monoisotopic (exact) mass is 324 g/mol. The molecular formula is C14H13FN2O4S. The van der Waals surface area contributed by atoms with Crippen molar-refractivity contribution in [2.24, 2.45) is 0 Å². The highest BCUT2D eigenvalue weighted by Gasteiger charge is 2.36. The number of amides is 3. The maximum atomic E-state index is 13.1. The van der Waals surface area contributed by atoms with Crippen LogP contribution in [0.25, 0.3) is 6.08 Å². The summed E-state index contributed by atoms with van der Waals surface area (Å²) in [5, 5.41) is 10.4. The Balaban J connectivity index is 2.10. The lowest BCUT2D eigenvalue weighted by Gasteiger charge is -2.11. The summed E-state index contributed by atoms with van der Waals surface area (Å²) < 4.78 is 13.1. The molecule has 116 valence electrons. The van der Waals surface area contributed by atoms with E-state index in [-0.39, 0.29) is 18.1 Å². The topological polar surface area (TPSA) is 86.7 Å². The minimum atomic E-state index is -0.599. The van der Waals surface area contributed by atoms with Gasteiger partial charge in [-0.05, 0) is 35.5 Å². The van der Waals surface area contributed by atoms with Crippen LogP contribution in [-0.2, 0) is 9.59 Å². The summed E-state index contributed by atoms with van der Waals surface area (Å²) in [7, 11) is 0. The third-order valence-electron chi connectivity index (χ3n) is 2.76. The van der Waals surface area contributed by atoms with Gasteiger partial charge in [-0.3, -0.25) is 19.3 Å². The van der Waals surface area contributed by atoms with E-state index in [0.29, 0.717) is 17.3 Å². The Labute approximate surface area is 130 Å². The van der Waals surface area contributed by atoms with Crippen molar-refractivity contribution < 1.29 is 23.9 Å². The molecule has 0 aliphatic carbocycles. The molecule has 1 fully saturated rings. The SMILES string of the molecule is O=C(CN1C(=O)S/C(=C\c2cccc(F)c2)C1=O)NCCO. The molecular weight excluding hydrogens is 311 g/mol. The molecule has 1 aromatic carbocycles. The van der Waals surface area contributed by atoms with Gasteiger partial charge in [0.2, 0.25) is 5.91 Å². The second-order valence-corrected chi connectivity index (χ2v) is 5.39. The Kier molecular flexibility index (Phi) is 5.29. The van der Waals surface area contributed by atoms with Gasteiger partial charge in [-0.1, -0.05) is 12.1 Å². The number of nitrogens with zero attached hydrogens (tertiary/aromatic N) is 1. The molecule has 2 N–H and O–H groups in total. The molecule has 3 amide bonds. The van der Waals surface area contributed by atoms with Crippen LogP contribution in [0, 0.1) is 5.82 Å². The number of aliphatic hydroxyl groups is 1. The highest BCUT2D eigenvalue weighted by atomic mass is 32.2. The fourth-order valence-electron chi connectivity index (χ4n) is 1.78. The number of imide groups is 1. The standard InChI is InChI=1S/C14H13FN2O4S/c15-10-3-1-2-9(6-10)7-11-13(20)17(14(21)22-11)8-12(19)16-4-5-18/h1-3,6-7,18H,4-5,8H2,(H,16,19)/b11-7-. The first-order valence-corrected chi connectivity index (χ1v) is 7.21. The zero-order valence-corrected chi connectivity index (χ0v) is 12.2. The second-order valence-electron chi connectivity index (χ2n) is 4.40. The van der Waals surface area contributed by atoms with Crippen molar-refractivity contribution in [3.8, 4) is 0 Å². The summed E-state index contributed by atoms with van der Waals surface area (Å²) in [6.07, 6.45) is 1.40. The molecule has 1 heterocycles. The maximum absolute atomic E-state index is 13.1. The summed E-state index contributed by atoms with van der Waals surface area (Å²) in [6.45, 7) is -0.591. The average molecular weight is 324 g/mol. The number of benzene rings is 1. The predicted molar refractivity (Wildman–Crippen MR) is 79.2 cm³/mol. The van der Waals surface area contributed by atoms with Crippen LogP contribution >= 0.6 is 11.8 Å². The highest BCUT2D eigenvalue weighted by molar-refractivity contribution is 8.18. The molecule has 0 radical (unpaired) electrons. The molecule has 1 aliphatic heterocycles. The van der Waals surface area contributed by atoms with Crippen molar-refractivity contribution >= 4 is 34.9 Å². The van der Waals surface area contributed by atoms with Crippen molar-refractivity contribution in [2.45, 2.75) is 0 Å². The Morgan fingerprint density at radius 2 is 2.18 bits per heavy atom. The number of aliphatic hydroxyl groups excluding tert-OH is 1. The van der Waals surface area contributed by atoms with E-state index in [1.54, 1.807) is 6.07 Å². The van der Waals surface area contributed by atoms with Crippen LogP contribution in [0.2, 0.25) is 0 Å². The van der Waals surface area contributed by atoms with E-state index in [9.17, 15) is 18.8 Å².